The van der Waals surface area contributed by atoms with E-state index >= 15 is 0 Å². The molecule has 11 heteroatoms. The fourth-order valence-corrected chi connectivity index (χ4v) is 6.50. The Hall–Kier alpha value is -4.32. The largest absolute Gasteiger partial charge is 0.384 e. The molecule has 2 aliphatic rings. The quantitative estimate of drug-likeness (QED) is 0.149. The molecule has 4 aromatic rings. The van der Waals surface area contributed by atoms with Crippen LogP contribution in [0.25, 0.3) is 21.5 Å². The molecule has 216 valence electrons. The van der Waals surface area contributed by atoms with E-state index in [0.717, 1.165) is 26.4 Å². The fraction of sp³-hybridized carbons (Fsp3) is 0.290. The molecule has 5 N–H and O–H groups in total. The highest BCUT2D eigenvalue weighted by atomic mass is 32.1. The van der Waals surface area contributed by atoms with Gasteiger partial charge in [0.15, 0.2) is 5.79 Å². The van der Waals surface area contributed by atoms with Crippen molar-refractivity contribution < 1.29 is 23.9 Å². The Morgan fingerprint density at radius 2 is 1.71 bits per heavy atom. The van der Waals surface area contributed by atoms with E-state index in [-0.39, 0.29) is 43.2 Å². The number of nitrogens with one attached hydrogen (secondary N) is 3. The van der Waals surface area contributed by atoms with Crippen molar-refractivity contribution in [2.24, 2.45) is 5.73 Å². The number of nitrogens with two attached hydrogens (primary N) is 1. The third kappa shape index (κ3) is 5.46. The minimum Gasteiger partial charge on any atom is -0.384 e. The summed E-state index contributed by atoms with van der Waals surface area (Å²) in [6.45, 7) is 2.40. The van der Waals surface area contributed by atoms with Crippen molar-refractivity contribution in [3.8, 4) is 0 Å². The molecule has 0 radical (unpaired) electrons. The van der Waals surface area contributed by atoms with Crippen molar-refractivity contribution >= 4 is 56.4 Å². The van der Waals surface area contributed by atoms with Gasteiger partial charge in [0, 0.05) is 27.8 Å². The highest BCUT2D eigenvalue weighted by Crippen LogP contribution is 2.35. The van der Waals surface area contributed by atoms with E-state index in [1.54, 1.807) is 17.5 Å². The number of ether oxygens (including phenoxy) is 2. The number of hydrogen-bond acceptors (Lipinski definition) is 7. The van der Waals surface area contributed by atoms with Crippen molar-refractivity contribution in [1.29, 1.82) is 5.41 Å². The zero-order valence-electron chi connectivity index (χ0n) is 23.0. The van der Waals surface area contributed by atoms with Crippen molar-refractivity contribution in [3.05, 3.63) is 82.0 Å². The predicted molar refractivity (Wildman–Crippen MR) is 160 cm³/mol. The zero-order chi connectivity index (χ0) is 29.4. The Kier molecular flexibility index (Phi) is 7.40. The van der Waals surface area contributed by atoms with Gasteiger partial charge in [-0.3, -0.25) is 19.8 Å². The van der Waals surface area contributed by atoms with Crippen molar-refractivity contribution in [3.63, 3.8) is 0 Å². The lowest BCUT2D eigenvalue weighted by atomic mass is 10.0. The van der Waals surface area contributed by atoms with Gasteiger partial charge in [-0.05, 0) is 58.8 Å². The first-order valence-corrected chi connectivity index (χ1v) is 14.6. The van der Waals surface area contributed by atoms with E-state index in [4.69, 9.17) is 20.6 Å². The van der Waals surface area contributed by atoms with Crippen LogP contribution in [0.3, 0.4) is 0 Å². The van der Waals surface area contributed by atoms with E-state index < -0.39 is 17.7 Å². The average molecular weight is 586 g/mol. The monoisotopic (exact) mass is 585 g/mol. The van der Waals surface area contributed by atoms with Crippen LogP contribution < -0.4 is 16.4 Å². The summed E-state index contributed by atoms with van der Waals surface area (Å²) in [4.78, 5) is 42.2. The molecule has 3 heterocycles. The lowest BCUT2D eigenvalue weighted by Crippen LogP contribution is -2.49. The molecule has 3 amide bonds. The summed E-state index contributed by atoms with van der Waals surface area (Å²) >= 11 is 1.39. The molecule has 0 unspecified atom stereocenters. The molecular weight excluding hydrogens is 554 g/mol. The van der Waals surface area contributed by atoms with Gasteiger partial charge in [-0.1, -0.05) is 30.3 Å². The summed E-state index contributed by atoms with van der Waals surface area (Å²) < 4.78 is 11.7. The van der Waals surface area contributed by atoms with Gasteiger partial charge < -0.3 is 30.7 Å². The van der Waals surface area contributed by atoms with E-state index in [9.17, 15) is 14.4 Å². The number of hydrogen-bond donors (Lipinski definition) is 4. The summed E-state index contributed by atoms with van der Waals surface area (Å²) in [6.07, 6.45) is 0.188. The van der Waals surface area contributed by atoms with Gasteiger partial charge in [0.05, 0.1) is 32.3 Å². The number of thiophene rings is 1. The van der Waals surface area contributed by atoms with Crippen LogP contribution in [-0.4, -0.2) is 66.6 Å². The topological polar surface area (TPSA) is 147 Å². The third-order valence-corrected chi connectivity index (χ3v) is 8.93. The number of carbonyl (C=O) groups excluding carboxylic acids is 3. The van der Waals surface area contributed by atoms with Crippen molar-refractivity contribution in [2.45, 2.75) is 31.2 Å². The third-order valence-electron chi connectivity index (χ3n) is 7.81. The molecule has 2 atom stereocenters. The molecule has 3 aromatic carbocycles. The first-order valence-electron chi connectivity index (χ1n) is 13.7. The van der Waals surface area contributed by atoms with Crippen LogP contribution >= 0.6 is 11.3 Å². The van der Waals surface area contributed by atoms with E-state index in [1.807, 2.05) is 49.4 Å². The molecule has 0 bridgehead atoms. The molecule has 2 fully saturated rings. The van der Waals surface area contributed by atoms with Gasteiger partial charge in [0.25, 0.3) is 5.91 Å². The maximum atomic E-state index is 13.4. The highest BCUT2D eigenvalue weighted by molar-refractivity contribution is 7.10. The fourth-order valence-electron chi connectivity index (χ4n) is 5.58. The number of nitrogen functional groups attached to an aromatic ring is 1. The summed E-state index contributed by atoms with van der Waals surface area (Å²) in [7, 11) is 0. The second kappa shape index (κ2) is 11.2. The Morgan fingerprint density at radius 3 is 2.40 bits per heavy atom. The Labute approximate surface area is 246 Å². The van der Waals surface area contributed by atoms with Crippen LogP contribution in [0.5, 0.6) is 0 Å². The van der Waals surface area contributed by atoms with Gasteiger partial charge >= 0.3 is 0 Å². The van der Waals surface area contributed by atoms with Crippen LogP contribution in [0.2, 0.25) is 0 Å². The lowest BCUT2D eigenvalue weighted by molar-refractivity contribution is -0.152. The molecule has 2 aliphatic heterocycles. The molecule has 0 aliphatic carbocycles. The van der Waals surface area contributed by atoms with Crippen molar-refractivity contribution in [2.75, 3.05) is 26.3 Å². The number of nitrogens with zero attached hydrogens (tertiary/aromatic N) is 1. The Balaban J connectivity index is 1.14. The first-order chi connectivity index (χ1) is 20.2. The SMILES string of the molecule is C[C@@H](NC(=O)[C@@H]1CC2(CN1C(=O)CNC(=O)c1ccc3cc4ccccc4cc3c1)OCCO2)c1cc(C(=N)N)cs1. The number of rotatable bonds is 7. The summed E-state index contributed by atoms with van der Waals surface area (Å²) in [6, 6.07) is 18.2. The summed E-state index contributed by atoms with van der Waals surface area (Å²) in [5.41, 5.74) is 6.61. The second-order valence-corrected chi connectivity index (χ2v) is 11.6. The molecule has 6 rings (SSSR count). The summed E-state index contributed by atoms with van der Waals surface area (Å²) in [5.74, 6) is -2.22. The number of benzene rings is 3. The van der Waals surface area contributed by atoms with Crippen LogP contribution in [0.15, 0.2) is 66.0 Å². The molecule has 10 nitrogen and oxygen atoms in total. The van der Waals surface area contributed by atoms with Gasteiger partial charge in [-0.2, -0.15) is 0 Å². The van der Waals surface area contributed by atoms with Gasteiger partial charge in [0.2, 0.25) is 11.8 Å². The number of likely N-dealkylation sites (tertiary alicyclic amines) is 1. The van der Waals surface area contributed by atoms with Gasteiger partial charge in [-0.15, -0.1) is 11.3 Å². The summed E-state index contributed by atoms with van der Waals surface area (Å²) in [5, 5.41) is 19.2. The van der Waals surface area contributed by atoms with Gasteiger partial charge in [0.1, 0.15) is 11.9 Å². The molecule has 0 saturated carbocycles. The van der Waals surface area contributed by atoms with E-state index in [1.165, 1.54) is 16.2 Å². The smallest absolute Gasteiger partial charge is 0.251 e. The van der Waals surface area contributed by atoms with Crippen LogP contribution in [0, 0.1) is 5.41 Å². The lowest BCUT2D eigenvalue weighted by Gasteiger charge is -2.25. The van der Waals surface area contributed by atoms with Gasteiger partial charge in [-0.25, -0.2) is 0 Å². The second-order valence-electron chi connectivity index (χ2n) is 10.7. The molecule has 42 heavy (non-hydrogen) atoms. The average Bonchev–Trinajstić information content (AvgIpc) is 3.75. The van der Waals surface area contributed by atoms with Crippen LogP contribution in [0.1, 0.15) is 40.2 Å². The number of amidine groups is 1. The molecule has 1 aromatic heterocycles. The number of amides is 3. The minimum atomic E-state index is -1.04. The standard InChI is InChI=1S/C31H31N5O5S/c1-18(26-13-24(16-42-26)28(32)33)35-30(39)25-14-31(40-8-9-41-31)17-36(25)27(37)15-34-29(38)22-7-6-21-10-19-4-2-3-5-20(19)11-23(21)12-22/h2-7,10-13,16,18,25H,8-9,14-15,17H2,1H3,(H3,32,33)(H,34,38)(H,35,39)/t18-,25+/m1/s1. The minimum absolute atomic E-state index is 0.0414. The van der Waals surface area contributed by atoms with Crippen LogP contribution in [0.4, 0.5) is 0 Å². The number of carbonyl (C=O) groups is 3. The van der Waals surface area contributed by atoms with E-state index in [2.05, 4.69) is 16.7 Å². The maximum Gasteiger partial charge on any atom is 0.251 e. The first kappa shape index (κ1) is 27.8. The Morgan fingerprint density at radius 1 is 1.02 bits per heavy atom. The molecule has 1 spiro atoms. The number of fused-ring (bicyclic) bond motifs is 2. The normalized spacial score (nSPS) is 18.4. The maximum absolute atomic E-state index is 13.4. The van der Waals surface area contributed by atoms with Crippen LogP contribution in [-0.2, 0) is 19.1 Å². The zero-order valence-corrected chi connectivity index (χ0v) is 23.8. The Bertz CT molecular complexity index is 1710. The van der Waals surface area contributed by atoms with Crippen molar-refractivity contribution in [1.82, 2.24) is 15.5 Å². The molecular formula is C31H31N5O5S. The van der Waals surface area contributed by atoms with E-state index in [0.29, 0.717) is 24.3 Å². The predicted octanol–water partition coefficient (Wildman–Crippen LogP) is 3.29. The highest BCUT2D eigenvalue weighted by Gasteiger charge is 2.52. The molecule has 2 saturated heterocycles.